The Balaban J connectivity index is 1.46. The Hall–Kier alpha value is -3.02. The Morgan fingerprint density at radius 2 is 1.96 bits per heavy atom. The molecule has 6 heteroatoms. The van der Waals surface area contributed by atoms with E-state index in [0.29, 0.717) is 11.4 Å². The first-order valence-electron chi connectivity index (χ1n) is 9.04. The van der Waals surface area contributed by atoms with E-state index in [9.17, 15) is 9.59 Å². The SMILES string of the molecule is COc1ccc(CCC(C)NC(=O)CC2Oc3ccccc3NC2=O)cc1. The molecule has 0 saturated heterocycles. The minimum Gasteiger partial charge on any atom is -0.497 e. The maximum absolute atomic E-state index is 12.3. The van der Waals surface area contributed by atoms with Gasteiger partial charge in [0.25, 0.3) is 5.91 Å². The van der Waals surface area contributed by atoms with E-state index in [1.807, 2.05) is 43.3 Å². The van der Waals surface area contributed by atoms with Crippen molar-refractivity contribution in [3.8, 4) is 11.5 Å². The summed E-state index contributed by atoms with van der Waals surface area (Å²) in [6.45, 7) is 1.96. The number of amides is 2. The molecular formula is C21H24N2O4. The van der Waals surface area contributed by atoms with E-state index >= 15 is 0 Å². The monoisotopic (exact) mass is 368 g/mol. The number of hydrogen-bond acceptors (Lipinski definition) is 4. The quantitative estimate of drug-likeness (QED) is 0.788. The topological polar surface area (TPSA) is 76.7 Å². The number of rotatable bonds is 7. The highest BCUT2D eigenvalue weighted by molar-refractivity contribution is 5.99. The lowest BCUT2D eigenvalue weighted by Crippen LogP contribution is -2.42. The van der Waals surface area contributed by atoms with Crippen molar-refractivity contribution < 1.29 is 19.1 Å². The Morgan fingerprint density at radius 3 is 2.70 bits per heavy atom. The highest BCUT2D eigenvalue weighted by Gasteiger charge is 2.29. The van der Waals surface area contributed by atoms with Crippen molar-refractivity contribution in [1.29, 1.82) is 0 Å². The molecule has 0 aromatic heterocycles. The number of nitrogens with one attached hydrogen (secondary N) is 2. The van der Waals surface area contributed by atoms with Gasteiger partial charge in [-0.05, 0) is 49.6 Å². The minimum absolute atomic E-state index is 0.00135. The van der Waals surface area contributed by atoms with E-state index in [4.69, 9.17) is 9.47 Å². The Kier molecular flexibility index (Phi) is 5.96. The number of ether oxygens (including phenoxy) is 2. The molecule has 2 atom stereocenters. The lowest BCUT2D eigenvalue weighted by atomic mass is 10.1. The second kappa shape index (κ2) is 8.58. The number of para-hydroxylation sites is 2. The van der Waals surface area contributed by atoms with Crippen LogP contribution in [0.3, 0.4) is 0 Å². The van der Waals surface area contributed by atoms with Gasteiger partial charge in [-0.3, -0.25) is 9.59 Å². The molecule has 6 nitrogen and oxygen atoms in total. The summed E-state index contributed by atoms with van der Waals surface area (Å²) >= 11 is 0. The smallest absolute Gasteiger partial charge is 0.266 e. The van der Waals surface area contributed by atoms with Gasteiger partial charge in [0.05, 0.1) is 19.2 Å². The standard InChI is InChI=1S/C21H24N2O4/c1-14(7-8-15-9-11-16(26-2)12-10-15)22-20(24)13-19-21(25)23-17-5-3-4-6-18(17)27-19/h3-6,9-12,14,19H,7-8,13H2,1-2H3,(H,22,24)(H,23,25). The molecule has 0 radical (unpaired) electrons. The molecular weight excluding hydrogens is 344 g/mol. The second-order valence-electron chi connectivity index (χ2n) is 6.65. The zero-order valence-corrected chi connectivity index (χ0v) is 15.5. The maximum Gasteiger partial charge on any atom is 0.266 e. The van der Waals surface area contributed by atoms with E-state index in [2.05, 4.69) is 10.6 Å². The molecule has 2 unspecified atom stereocenters. The lowest BCUT2D eigenvalue weighted by Gasteiger charge is -2.25. The third-order valence-corrected chi connectivity index (χ3v) is 4.51. The summed E-state index contributed by atoms with van der Waals surface area (Å²) in [6, 6.07) is 15.1. The number of hydrogen-bond donors (Lipinski definition) is 2. The van der Waals surface area contributed by atoms with Crippen molar-refractivity contribution in [3.05, 3.63) is 54.1 Å². The van der Waals surface area contributed by atoms with Crippen LogP contribution in [-0.4, -0.2) is 31.1 Å². The van der Waals surface area contributed by atoms with Gasteiger partial charge in [0.2, 0.25) is 5.91 Å². The number of benzene rings is 2. The molecule has 1 aliphatic heterocycles. The van der Waals surface area contributed by atoms with Gasteiger partial charge >= 0.3 is 0 Å². The molecule has 0 aliphatic carbocycles. The van der Waals surface area contributed by atoms with Crippen molar-refractivity contribution in [2.24, 2.45) is 0 Å². The summed E-state index contributed by atoms with van der Waals surface area (Å²) in [4.78, 5) is 24.4. The summed E-state index contributed by atoms with van der Waals surface area (Å²) in [5, 5.41) is 5.71. The predicted molar refractivity (Wildman–Crippen MR) is 103 cm³/mol. The number of carbonyl (C=O) groups excluding carboxylic acids is 2. The van der Waals surface area contributed by atoms with Crippen molar-refractivity contribution in [2.75, 3.05) is 12.4 Å². The number of anilines is 1. The van der Waals surface area contributed by atoms with Crippen LogP contribution >= 0.6 is 0 Å². The Labute approximate surface area is 158 Å². The minimum atomic E-state index is -0.811. The largest absolute Gasteiger partial charge is 0.497 e. The van der Waals surface area contributed by atoms with Gasteiger partial charge in [-0.2, -0.15) is 0 Å². The van der Waals surface area contributed by atoms with Crippen LogP contribution in [-0.2, 0) is 16.0 Å². The van der Waals surface area contributed by atoms with Gasteiger partial charge in [-0.25, -0.2) is 0 Å². The van der Waals surface area contributed by atoms with Crippen molar-refractivity contribution in [1.82, 2.24) is 5.32 Å². The molecule has 2 aromatic rings. The lowest BCUT2D eigenvalue weighted by molar-refractivity contribution is -0.130. The van der Waals surface area contributed by atoms with Gasteiger partial charge < -0.3 is 20.1 Å². The van der Waals surface area contributed by atoms with E-state index in [1.165, 1.54) is 5.56 Å². The van der Waals surface area contributed by atoms with Crippen LogP contribution in [0.5, 0.6) is 11.5 Å². The fraction of sp³-hybridized carbons (Fsp3) is 0.333. The Morgan fingerprint density at radius 1 is 1.22 bits per heavy atom. The molecule has 0 bridgehead atoms. The van der Waals surface area contributed by atoms with Gasteiger partial charge in [0.1, 0.15) is 11.5 Å². The second-order valence-corrected chi connectivity index (χ2v) is 6.65. The van der Waals surface area contributed by atoms with Crippen LogP contribution in [0, 0.1) is 0 Å². The van der Waals surface area contributed by atoms with Crippen LogP contribution in [0.2, 0.25) is 0 Å². The van der Waals surface area contributed by atoms with E-state index < -0.39 is 6.10 Å². The molecule has 142 valence electrons. The highest BCUT2D eigenvalue weighted by Crippen LogP contribution is 2.29. The summed E-state index contributed by atoms with van der Waals surface area (Å²) in [7, 11) is 1.64. The van der Waals surface area contributed by atoms with Crippen LogP contribution in [0.25, 0.3) is 0 Å². The zero-order valence-electron chi connectivity index (χ0n) is 15.5. The van der Waals surface area contributed by atoms with Crippen molar-refractivity contribution in [3.63, 3.8) is 0 Å². The first-order chi connectivity index (χ1) is 13.0. The van der Waals surface area contributed by atoms with Crippen LogP contribution < -0.4 is 20.1 Å². The third-order valence-electron chi connectivity index (χ3n) is 4.51. The van der Waals surface area contributed by atoms with E-state index in [-0.39, 0.29) is 24.3 Å². The first kappa shape index (κ1) is 18.8. The molecule has 1 heterocycles. The molecule has 2 N–H and O–H groups in total. The normalized spacial score (nSPS) is 16.5. The highest BCUT2D eigenvalue weighted by atomic mass is 16.5. The van der Waals surface area contributed by atoms with E-state index in [1.54, 1.807) is 19.2 Å². The molecule has 0 fully saturated rings. The first-order valence-corrected chi connectivity index (χ1v) is 9.04. The zero-order chi connectivity index (χ0) is 19.2. The predicted octanol–water partition coefficient (Wildman–Crippen LogP) is 2.92. The van der Waals surface area contributed by atoms with Gasteiger partial charge in [-0.15, -0.1) is 0 Å². The number of fused-ring (bicyclic) bond motifs is 1. The van der Waals surface area contributed by atoms with Gasteiger partial charge in [0, 0.05) is 6.04 Å². The maximum atomic E-state index is 12.3. The summed E-state index contributed by atoms with van der Waals surface area (Å²) < 4.78 is 10.8. The van der Waals surface area contributed by atoms with Crippen molar-refractivity contribution in [2.45, 2.75) is 38.3 Å². The van der Waals surface area contributed by atoms with Crippen LogP contribution in [0.15, 0.2) is 48.5 Å². The molecule has 3 rings (SSSR count). The molecule has 0 saturated carbocycles. The number of carbonyl (C=O) groups is 2. The van der Waals surface area contributed by atoms with E-state index in [0.717, 1.165) is 18.6 Å². The third kappa shape index (κ3) is 5.00. The number of methoxy groups -OCH3 is 1. The Bertz CT molecular complexity index is 804. The average Bonchev–Trinajstić information content (AvgIpc) is 2.67. The fourth-order valence-corrected chi connectivity index (χ4v) is 2.98. The summed E-state index contributed by atoms with van der Waals surface area (Å²) in [6.07, 6.45) is 0.832. The molecule has 2 amide bonds. The summed E-state index contributed by atoms with van der Waals surface area (Å²) in [5.74, 6) is 0.918. The van der Waals surface area contributed by atoms with Crippen LogP contribution in [0.4, 0.5) is 5.69 Å². The van der Waals surface area contributed by atoms with Gasteiger partial charge in [0.15, 0.2) is 6.10 Å². The molecule has 27 heavy (non-hydrogen) atoms. The fourth-order valence-electron chi connectivity index (χ4n) is 2.98. The van der Waals surface area contributed by atoms with Crippen molar-refractivity contribution >= 4 is 17.5 Å². The molecule has 1 aliphatic rings. The average molecular weight is 368 g/mol. The number of aryl methyl sites for hydroxylation is 1. The molecule has 2 aromatic carbocycles. The molecule has 0 spiro atoms. The van der Waals surface area contributed by atoms with Gasteiger partial charge in [-0.1, -0.05) is 24.3 Å². The van der Waals surface area contributed by atoms with Crippen LogP contribution in [0.1, 0.15) is 25.3 Å². The summed E-state index contributed by atoms with van der Waals surface area (Å²) in [5.41, 5.74) is 1.82.